The van der Waals surface area contributed by atoms with Crippen LogP contribution in [0.25, 0.3) is 0 Å². The molecule has 1 fully saturated rings. The first-order valence-corrected chi connectivity index (χ1v) is 5.58. The van der Waals surface area contributed by atoms with E-state index in [1.807, 2.05) is 6.92 Å². The van der Waals surface area contributed by atoms with Crippen molar-refractivity contribution in [3.63, 3.8) is 0 Å². The Bertz CT molecular complexity index is 371. The molecule has 1 N–H and O–H groups in total. The lowest BCUT2D eigenvalue weighted by molar-refractivity contribution is 0.647. The Morgan fingerprint density at radius 3 is 3.00 bits per heavy atom. The lowest BCUT2D eigenvalue weighted by Gasteiger charge is -2.08. The molecule has 1 atom stereocenters. The van der Waals surface area contributed by atoms with Crippen LogP contribution in [0.4, 0.5) is 0 Å². The molecule has 1 aromatic carbocycles. The van der Waals surface area contributed by atoms with Gasteiger partial charge in [0.25, 0.3) is 0 Å². The van der Waals surface area contributed by atoms with E-state index in [0.29, 0.717) is 0 Å². The minimum atomic E-state index is 0.148. The third kappa shape index (κ3) is 2.84. The predicted molar refractivity (Wildman–Crippen MR) is 63.6 cm³/mol. The second-order valence-corrected chi connectivity index (χ2v) is 4.29. The van der Waals surface area contributed by atoms with Gasteiger partial charge < -0.3 is 0 Å². The molecule has 0 heterocycles. The Morgan fingerprint density at radius 1 is 1.53 bits per heavy atom. The summed E-state index contributed by atoms with van der Waals surface area (Å²) >= 11 is 0. The predicted octanol–water partition coefficient (Wildman–Crippen LogP) is 2.68. The van der Waals surface area contributed by atoms with E-state index < -0.39 is 0 Å². The number of benzene rings is 1. The topological polar surface area (TPSA) is 12.0 Å². The lowest BCUT2D eigenvalue weighted by atomic mass is 10.1. The van der Waals surface area contributed by atoms with Gasteiger partial charge in [-0.2, -0.15) is 0 Å². The van der Waals surface area contributed by atoms with Crippen molar-refractivity contribution in [1.82, 2.24) is 5.32 Å². The molecule has 1 aromatic rings. The van der Waals surface area contributed by atoms with Crippen LogP contribution in [0, 0.1) is 12.3 Å². The Kier molecular flexibility index (Phi) is 3.08. The van der Waals surface area contributed by atoms with Gasteiger partial charge in [-0.05, 0) is 36.8 Å². The van der Waals surface area contributed by atoms with Gasteiger partial charge in [0.2, 0.25) is 0 Å². The number of terminal acetylenes is 1. The number of hydrogen-bond acceptors (Lipinski definition) is 1. The highest BCUT2D eigenvalue weighted by Gasteiger charge is 2.23. The zero-order valence-corrected chi connectivity index (χ0v) is 9.16. The average Bonchev–Trinajstić information content (AvgIpc) is 3.10. The fraction of sp³-hybridized carbons (Fsp3) is 0.429. The van der Waals surface area contributed by atoms with Crippen LogP contribution in [0.15, 0.2) is 24.3 Å². The van der Waals surface area contributed by atoms with Crippen molar-refractivity contribution in [3.05, 3.63) is 35.4 Å². The van der Waals surface area contributed by atoms with Gasteiger partial charge in [-0.15, -0.1) is 6.42 Å². The normalized spacial score (nSPS) is 17.1. The van der Waals surface area contributed by atoms with Gasteiger partial charge in [0.05, 0.1) is 6.04 Å². The van der Waals surface area contributed by atoms with Crippen LogP contribution in [0.1, 0.15) is 36.8 Å². The second-order valence-electron chi connectivity index (χ2n) is 4.29. The third-order valence-electron chi connectivity index (χ3n) is 2.86. The highest BCUT2D eigenvalue weighted by molar-refractivity contribution is 5.29. The first-order chi connectivity index (χ1) is 7.29. The molecule has 1 nitrogen and oxygen atoms in total. The molecule has 0 aromatic heterocycles. The zero-order valence-electron chi connectivity index (χ0n) is 9.16. The van der Waals surface area contributed by atoms with Crippen molar-refractivity contribution >= 4 is 0 Å². The molecule has 1 heteroatoms. The van der Waals surface area contributed by atoms with Crippen molar-refractivity contribution < 1.29 is 0 Å². The highest BCUT2D eigenvalue weighted by atomic mass is 14.9. The Morgan fingerprint density at radius 2 is 2.33 bits per heavy atom. The van der Waals surface area contributed by atoms with E-state index in [1.165, 1.54) is 24.0 Å². The van der Waals surface area contributed by atoms with E-state index in [0.717, 1.165) is 12.5 Å². The molecule has 0 saturated heterocycles. The van der Waals surface area contributed by atoms with E-state index in [9.17, 15) is 0 Å². The molecule has 15 heavy (non-hydrogen) atoms. The molecule has 2 rings (SSSR count). The second kappa shape index (κ2) is 4.51. The summed E-state index contributed by atoms with van der Waals surface area (Å²) < 4.78 is 0. The standard InChI is InChI=1S/C14H17N/c1-3-11(2)15-10-12-5-4-6-14(9-12)13-7-8-13/h1,4-6,9,11,13,15H,7-8,10H2,2H3. The van der Waals surface area contributed by atoms with Crippen molar-refractivity contribution in [1.29, 1.82) is 0 Å². The summed E-state index contributed by atoms with van der Waals surface area (Å²) in [6.45, 7) is 2.87. The summed E-state index contributed by atoms with van der Waals surface area (Å²) in [5, 5.41) is 3.30. The smallest absolute Gasteiger partial charge is 0.0660 e. The van der Waals surface area contributed by atoms with Crippen LogP contribution in [-0.2, 0) is 6.54 Å². The molecule has 0 radical (unpaired) electrons. The Labute approximate surface area is 91.9 Å². The summed E-state index contributed by atoms with van der Waals surface area (Å²) in [4.78, 5) is 0. The maximum absolute atomic E-state index is 5.31. The zero-order chi connectivity index (χ0) is 10.7. The summed E-state index contributed by atoms with van der Waals surface area (Å²) in [6, 6.07) is 8.97. The molecule has 78 valence electrons. The van der Waals surface area contributed by atoms with Crippen molar-refractivity contribution in [3.8, 4) is 12.3 Å². The quantitative estimate of drug-likeness (QED) is 0.735. The fourth-order valence-corrected chi connectivity index (χ4v) is 1.70. The molecule has 0 amide bonds. The van der Waals surface area contributed by atoms with Crippen molar-refractivity contribution in [2.75, 3.05) is 0 Å². The highest BCUT2D eigenvalue weighted by Crippen LogP contribution is 2.40. The number of hydrogen-bond donors (Lipinski definition) is 1. The van der Waals surface area contributed by atoms with E-state index in [4.69, 9.17) is 6.42 Å². The largest absolute Gasteiger partial charge is 0.300 e. The van der Waals surface area contributed by atoms with Gasteiger partial charge in [-0.25, -0.2) is 0 Å². The maximum atomic E-state index is 5.31. The molecule has 0 bridgehead atoms. The van der Waals surface area contributed by atoms with Crippen LogP contribution >= 0.6 is 0 Å². The Balaban J connectivity index is 1.96. The number of rotatable bonds is 4. The van der Waals surface area contributed by atoms with Gasteiger partial charge in [-0.1, -0.05) is 30.2 Å². The summed E-state index contributed by atoms with van der Waals surface area (Å²) in [6.07, 6.45) is 8.03. The maximum Gasteiger partial charge on any atom is 0.0660 e. The molecule has 1 saturated carbocycles. The van der Waals surface area contributed by atoms with E-state index >= 15 is 0 Å². The van der Waals surface area contributed by atoms with Gasteiger partial charge in [0.1, 0.15) is 0 Å². The first kappa shape index (κ1) is 10.3. The molecular weight excluding hydrogens is 182 g/mol. The Hall–Kier alpha value is -1.26. The third-order valence-corrected chi connectivity index (χ3v) is 2.86. The SMILES string of the molecule is C#CC(C)NCc1cccc(C2CC2)c1. The summed E-state index contributed by atoms with van der Waals surface area (Å²) in [5.74, 6) is 3.50. The molecule has 0 spiro atoms. The summed E-state index contributed by atoms with van der Waals surface area (Å²) in [5.41, 5.74) is 2.82. The number of nitrogens with one attached hydrogen (secondary N) is 1. The first-order valence-electron chi connectivity index (χ1n) is 5.58. The minimum absolute atomic E-state index is 0.148. The molecule has 0 aliphatic heterocycles. The van der Waals surface area contributed by atoms with E-state index in [1.54, 1.807) is 0 Å². The minimum Gasteiger partial charge on any atom is -0.300 e. The van der Waals surface area contributed by atoms with Gasteiger partial charge in [-0.3, -0.25) is 5.32 Å². The van der Waals surface area contributed by atoms with Crippen LogP contribution in [0.2, 0.25) is 0 Å². The lowest BCUT2D eigenvalue weighted by Crippen LogP contribution is -2.23. The van der Waals surface area contributed by atoms with Gasteiger partial charge in [0, 0.05) is 6.54 Å². The van der Waals surface area contributed by atoms with Crippen LogP contribution in [0.3, 0.4) is 0 Å². The fourth-order valence-electron chi connectivity index (χ4n) is 1.70. The van der Waals surface area contributed by atoms with Crippen LogP contribution in [0.5, 0.6) is 0 Å². The van der Waals surface area contributed by atoms with Gasteiger partial charge in [0.15, 0.2) is 0 Å². The molecule has 1 aliphatic carbocycles. The van der Waals surface area contributed by atoms with Crippen molar-refractivity contribution in [2.24, 2.45) is 0 Å². The van der Waals surface area contributed by atoms with Crippen LogP contribution < -0.4 is 5.32 Å². The molecular formula is C14H17N. The average molecular weight is 199 g/mol. The van der Waals surface area contributed by atoms with E-state index in [2.05, 4.69) is 35.5 Å². The van der Waals surface area contributed by atoms with Crippen LogP contribution in [-0.4, -0.2) is 6.04 Å². The molecule has 1 unspecified atom stereocenters. The monoisotopic (exact) mass is 199 g/mol. The van der Waals surface area contributed by atoms with Gasteiger partial charge >= 0.3 is 0 Å². The van der Waals surface area contributed by atoms with Crippen molar-refractivity contribution in [2.45, 2.75) is 38.3 Å². The van der Waals surface area contributed by atoms with E-state index in [-0.39, 0.29) is 6.04 Å². The summed E-state index contributed by atoms with van der Waals surface area (Å²) in [7, 11) is 0. The molecule has 1 aliphatic rings.